The van der Waals surface area contributed by atoms with Crippen LogP contribution in [0.2, 0.25) is 0 Å². The number of carbonyl (C=O) groups is 1. The summed E-state index contributed by atoms with van der Waals surface area (Å²) in [6, 6.07) is 5.53. The van der Waals surface area contributed by atoms with Gasteiger partial charge in [0.2, 0.25) is 5.89 Å². The number of anilines is 1. The van der Waals surface area contributed by atoms with E-state index in [0.717, 1.165) is 30.5 Å². The standard InChI is InChI=1S/C20H16F5N3O2/c1-10(12-7-14(21)17(26-2)15(22)8-12)27-18(29)16-9-30-19(28-16)11-3-5-13(6-4-11)20(23,24)25/h3-10,26H,1-2H3,(H,27,29). The highest BCUT2D eigenvalue weighted by molar-refractivity contribution is 5.92. The number of nitrogens with one attached hydrogen (secondary N) is 2. The molecular weight excluding hydrogens is 409 g/mol. The Morgan fingerprint density at radius 1 is 1.10 bits per heavy atom. The van der Waals surface area contributed by atoms with Crippen molar-refractivity contribution in [1.82, 2.24) is 10.3 Å². The summed E-state index contributed by atoms with van der Waals surface area (Å²) < 4.78 is 70.9. The highest BCUT2D eigenvalue weighted by Crippen LogP contribution is 2.31. The molecule has 10 heteroatoms. The van der Waals surface area contributed by atoms with Gasteiger partial charge in [-0.3, -0.25) is 4.79 Å². The largest absolute Gasteiger partial charge is 0.444 e. The molecule has 3 aromatic rings. The van der Waals surface area contributed by atoms with Crippen LogP contribution in [0.25, 0.3) is 11.5 Å². The molecule has 0 aliphatic carbocycles. The fourth-order valence-corrected chi connectivity index (χ4v) is 2.75. The van der Waals surface area contributed by atoms with Crippen LogP contribution in [0.5, 0.6) is 0 Å². The predicted molar refractivity (Wildman–Crippen MR) is 98.7 cm³/mol. The van der Waals surface area contributed by atoms with E-state index in [1.165, 1.54) is 26.1 Å². The van der Waals surface area contributed by atoms with E-state index in [2.05, 4.69) is 15.6 Å². The van der Waals surface area contributed by atoms with Gasteiger partial charge in [0.25, 0.3) is 5.91 Å². The Hall–Kier alpha value is -3.43. The van der Waals surface area contributed by atoms with Crippen LogP contribution in [-0.2, 0) is 6.18 Å². The van der Waals surface area contributed by atoms with Gasteiger partial charge in [-0.1, -0.05) is 0 Å². The molecule has 1 amide bonds. The van der Waals surface area contributed by atoms with Crippen molar-refractivity contribution >= 4 is 11.6 Å². The maximum absolute atomic E-state index is 13.9. The number of benzene rings is 2. The molecule has 0 bridgehead atoms. The Labute approximate surface area is 167 Å². The third-order valence-corrected chi connectivity index (χ3v) is 4.36. The van der Waals surface area contributed by atoms with Gasteiger partial charge in [-0.25, -0.2) is 13.8 Å². The van der Waals surface area contributed by atoms with Gasteiger partial charge in [-0.15, -0.1) is 0 Å². The van der Waals surface area contributed by atoms with E-state index in [9.17, 15) is 26.7 Å². The SMILES string of the molecule is CNc1c(F)cc(C(C)NC(=O)c2coc(-c3ccc(C(F)(F)F)cc3)n2)cc1F. The van der Waals surface area contributed by atoms with E-state index in [0.29, 0.717) is 0 Å². The van der Waals surface area contributed by atoms with Gasteiger partial charge in [0, 0.05) is 12.6 Å². The lowest BCUT2D eigenvalue weighted by Crippen LogP contribution is -2.27. The molecule has 0 aliphatic rings. The van der Waals surface area contributed by atoms with E-state index >= 15 is 0 Å². The molecule has 2 aromatic carbocycles. The van der Waals surface area contributed by atoms with E-state index in [1.54, 1.807) is 0 Å². The van der Waals surface area contributed by atoms with Crippen molar-refractivity contribution in [2.45, 2.75) is 19.1 Å². The molecule has 0 saturated carbocycles. The molecule has 1 aromatic heterocycles. The molecule has 2 N–H and O–H groups in total. The fraction of sp³-hybridized carbons (Fsp3) is 0.200. The third-order valence-electron chi connectivity index (χ3n) is 4.36. The van der Waals surface area contributed by atoms with Crippen molar-refractivity contribution < 1.29 is 31.2 Å². The fourth-order valence-electron chi connectivity index (χ4n) is 2.75. The van der Waals surface area contributed by atoms with Crippen LogP contribution in [0.3, 0.4) is 0 Å². The maximum atomic E-state index is 13.9. The molecule has 1 heterocycles. The van der Waals surface area contributed by atoms with Crippen LogP contribution in [-0.4, -0.2) is 17.9 Å². The minimum atomic E-state index is -4.47. The molecule has 3 rings (SSSR count). The normalized spacial score (nSPS) is 12.5. The minimum Gasteiger partial charge on any atom is -0.444 e. The number of hydrogen-bond donors (Lipinski definition) is 2. The van der Waals surface area contributed by atoms with Gasteiger partial charge in [-0.2, -0.15) is 13.2 Å². The Morgan fingerprint density at radius 3 is 2.23 bits per heavy atom. The number of amides is 1. The lowest BCUT2D eigenvalue weighted by atomic mass is 10.1. The van der Waals surface area contributed by atoms with Gasteiger partial charge in [0.15, 0.2) is 5.69 Å². The van der Waals surface area contributed by atoms with Crippen LogP contribution in [0.4, 0.5) is 27.6 Å². The number of alkyl halides is 3. The second kappa shape index (κ2) is 8.13. The van der Waals surface area contributed by atoms with Gasteiger partial charge >= 0.3 is 6.18 Å². The first kappa shape index (κ1) is 21.3. The number of nitrogens with zero attached hydrogens (tertiary/aromatic N) is 1. The molecule has 0 spiro atoms. The smallest absolute Gasteiger partial charge is 0.416 e. The third kappa shape index (κ3) is 4.42. The Morgan fingerprint density at radius 2 is 1.70 bits per heavy atom. The van der Waals surface area contributed by atoms with E-state index in [1.807, 2.05) is 0 Å². The Bertz CT molecular complexity index is 1040. The number of hydrogen-bond acceptors (Lipinski definition) is 4. The van der Waals surface area contributed by atoms with Gasteiger partial charge in [-0.05, 0) is 48.9 Å². The summed E-state index contributed by atoms with van der Waals surface area (Å²) in [7, 11) is 1.38. The summed E-state index contributed by atoms with van der Waals surface area (Å²) in [6.45, 7) is 1.53. The number of rotatable bonds is 5. The van der Waals surface area contributed by atoms with E-state index in [4.69, 9.17) is 4.42 Å². The number of oxazole rings is 1. The van der Waals surface area contributed by atoms with Crippen molar-refractivity contribution in [3.63, 3.8) is 0 Å². The van der Waals surface area contributed by atoms with Gasteiger partial charge in [0.05, 0.1) is 11.6 Å². The topological polar surface area (TPSA) is 67.2 Å². The molecule has 0 radical (unpaired) electrons. The van der Waals surface area contributed by atoms with Gasteiger partial charge in [0.1, 0.15) is 23.6 Å². The average Bonchev–Trinajstić information content (AvgIpc) is 3.17. The van der Waals surface area contributed by atoms with Crippen LogP contribution >= 0.6 is 0 Å². The number of carbonyl (C=O) groups excluding carboxylic acids is 1. The van der Waals surface area contributed by atoms with Crippen molar-refractivity contribution in [3.05, 3.63) is 71.1 Å². The predicted octanol–water partition coefficient (Wildman–Crippen LogP) is 5.17. The molecule has 0 aliphatic heterocycles. The highest BCUT2D eigenvalue weighted by atomic mass is 19.4. The average molecular weight is 425 g/mol. The second-order valence-corrected chi connectivity index (χ2v) is 6.42. The Balaban J connectivity index is 1.74. The summed E-state index contributed by atoms with van der Waals surface area (Å²) in [5, 5.41) is 4.94. The summed E-state index contributed by atoms with van der Waals surface area (Å²) in [5.74, 6) is -2.33. The van der Waals surface area contributed by atoms with Crippen molar-refractivity contribution in [2.75, 3.05) is 12.4 Å². The van der Waals surface area contributed by atoms with Crippen LogP contribution in [0, 0.1) is 11.6 Å². The zero-order valence-electron chi connectivity index (χ0n) is 15.8. The Kier molecular flexibility index (Phi) is 5.77. The van der Waals surface area contributed by atoms with E-state index < -0.39 is 35.3 Å². The highest BCUT2D eigenvalue weighted by Gasteiger charge is 2.30. The van der Waals surface area contributed by atoms with Crippen molar-refractivity contribution in [2.24, 2.45) is 0 Å². The summed E-state index contributed by atoms with van der Waals surface area (Å²) in [6.07, 6.45) is -3.43. The van der Waals surface area contributed by atoms with E-state index in [-0.39, 0.29) is 28.4 Å². The number of halogens is 5. The summed E-state index contributed by atoms with van der Waals surface area (Å²) in [5.41, 5.74) is -0.793. The zero-order valence-corrected chi connectivity index (χ0v) is 15.8. The van der Waals surface area contributed by atoms with Crippen LogP contribution < -0.4 is 10.6 Å². The molecule has 5 nitrogen and oxygen atoms in total. The molecule has 1 unspecified atom stereocenters. The zero-order chi connectivity index (χ0) is 22.1. The summed E-state index contributed by atoms with van der Waals surface area (Å²) in [4.78, 5) is 16.3. The van der Waals surface area contributed by atoms with Crippen LogP contribution in [0.15, 0.2) is 47.1 Å². The first-order valence-electron chi connectivity index (χ1n) is 8.71. The van der Waals surface area contributed by atoms with Gasteiger partial charge < -0.3 is 15.1 Å². The first-order chi connectivity index (χ1) is 14.1. The molecule has 1 atom stereocenters. The maximum Gasteiger partial charge on any atom is 0.416 e. The van der Waals surface area contributed by atoms with Crippen molar-refractivity contribution in [3.8, 4) is 11.5 Å². The summed E-state index contributed by atoms with van der Waals surface area (Å²) >= 11 is 0. The number of aromatic nitrogens is 1. The molecule has 30 heavy (non-hydrogen) atoms. The second-order valence-electron chi connectivity index (χ2n) is 6.42. The van der Waals surface area contributed by atoms with Crippen LogP contribution in [0.1, 0.15) is 34.6 Å². The first-order valence-corrected chi connectivity index (χ1v) is 8.71. The quantitative estimate of drug-likeness (QED) is 0.554. The lowest BCUT2D eigenvalue weighted by molar-refractivity contribution is -0.137. The minimum absolute atomic E-state index is 0.0445. The van der Waals surface area contributed by atoms with Crippen molar-refractivity contribution in [1.29, 1.82) is 0 Å². The molecule has 0 fully saturated rings. The molecule has 0 saturated heterocycles. The lowest BCUT2D eigenvalue weighted by Gasteiger charge is -2.15. The molecular formula is C20H16F5N3O2. The molecule has 158 valence electrons. The monoisotopic (exact) mass is 425 g/mol.